The fourth-order valence-corrected chi connectivity index (χ4v) is 3.25. The second-order valence-corrected chi connectivity index (χ2v) is 5.44. The highest BCUT2D eigenvalue weighted by Gasteiger charge is 2.29. The summed E-state index contributed by atoms with van der Waals surface area (Å²) in [7, 11) is 0. The van der Waals surface area contributed by atoms with E-state index in [9.17, 15) is 4.79 Å². The molecular formula is C12H17ClN2O2S. The molecule has 0 bridgehead atoms. The van der Waals surface area contributed by atoms with Gasteiger partial charge in [-0.25, -0.2) is 0 Å². The molecule has 1 unspecified atom stereocenters. The van der Waals surface area contributed by atoms with Gasteiger partial charge in [-0.05, 0) is 23.4 Å². The molecule has 0 aliphatic carbocycles. The van der Waals surface area contributed by atoms with Crippen LogP contribution < -0.4 is 5.32 Å². The number of hydrogen-bond acceptors (Lipinski definition) is 4. The average Bonchev–Trinajstić information content (AvgIpc) is 2.86. The van der Waals surface area contributed by atoms with Crippen LogP contribution in [0, 0.1) is 0 Å². The molecule has 3 rings (SSSR count). The molecular weight excluding hydrogens is 272 g/mol. The van der Waals surface area contributed by atoms with E-state index in [1.54, 1.807) is 11.3 Å². The summed E-state index contributed by atoms with van der Waals surface area (Å²) < 4.78 is 5.51. The second-order valence-electron chi connectivity index (χ2n) is 4.44. The molecule has 1 saturated heterocycles. The predicted molar refractivity (Wildman–Crippen MR) is 73.3 cm³/mol. The first-order valence-corrected chi connectivity index (χ1v) is 6.89. The summed E-state index contributed by atoms with van der Waals surface area (Å²) in [6, 6.07) is 2.12. The molecule has 18 heavy (non-hydrogen) atoms. The van der Waals surface area contributed by atoms with Crippen molar-refractivity contribution in [2.75, 3.05) is 26.2 Å². The molecule has 0 aromatic carbocycles. The Bertz CT molecular complexity index is 418. The fraction of sp³-hybridized carbons (Fsp3) is 0.583. The number of rotatable bonds is 1. The first-order valence-electron chi connectivity index (χ1n) is 6.01. The highest BCUT2D eigenvalue weighted by atomic mass is 35.5. The zero-order valence-corrected chi connectivity index (χ0v) is 11.7. The van der Waals surface area contributed by atoms with Gasteiger partial charge in [0.25, 0.3) is 5.91 Å². The van der Waals surface area contributed by atoms with Crippen LogP contribution in [0.4, 0.5) is 0 Å². The van der Waals surface area contributed by atoms with Crippen LogP contribution >= 0.6 is 23.7 Å². The minimum absolute atomic E-state index is 0. The lowest BCUT2D eigenvalue weighted by Gasteiger charge is -2.32. The van der Waals surface area contributed by atoms with Gasteiger partial charge >= 0.3 is 0 Å². The van der Waals surface area contributed by atoms with Gasteiger partial charge in [-0.15, -0.1) is 23.7 Å². The highest BCUT2D eigenvalue weighted by Crippen LogP contribution is 2.24. The number of hydrogen-bond donors (Lipinski definition) is 1. The molecule has 1 aromatic heterocycles. The van der Waals surface area contributed by atoms with E-state index in [2.05, 4.69) is 16.8 Å². The number of nitrogens with one attached hydrogen (secondary N) is 1. The van der Waals surface area contributed by atoms with E-state index >= 15 is 0 Å². The van der Waals surface area contributed by atoms with Crippen LogP contribution in [0.5, 0.6) is 0 Å². The Labute approximate surface area is 117 Å². The molecule has 2 aliphatic heterocycles. The third-order valence-corrected chi connectivity index (χ3v) is 4.35. The van der Waals surface area contributed by atoms with Gasteiger partial charge in [0.05, 0.1) is 6.61 Å². The molecule has 1 fully saturated rings. The summed E-state index contributed by atoms with van der Waals surface area (Å²) in [4.78, 5) is 15.6. The van der Waals surface area contributed by atoms with Gasteiger partial charge in [0.1, 0.15) is 6.10 Å². The Morgan fingerprint density at radius 3 is 3.22 bits per heavy atom. The molecule has 100 valence electrons. The fourth-order valence-electron chi connectivity index (χ4n) is 2.36. The van der Waals surface area contributed by atoms with Crippen molar-refractivity contribution in [3.63, 3.8) is 0 Å². The Morgan fingerprint density at radius 2 is 2.44 bits per heavy atom. The van der Waals surface area contributed by atoms with Crippen LogP contribution in [-0.2, 0) is 22.5 Å². The van der Waals surface area contributed by atoms with E-state index in [-0.39, 0.29) is 24.4 Å². The lowest BCUT2D eigenvalue weighted by molar-refractivity contribution is -0.146. The molecule has 0 spiro atoms. The monoisotopic (exact) mass is 288 g/mol. The molecule has 1 amide bonds. The largest absolute Gasteiger partial charge is 0.366 e. The van der Waals surface area contributed by atoms with Gasteiger partial charge in [0, 0.05) is 31.1 Å². The second kappa shape index (κ2) is 6.02. The highest BCUT2D eigenvalue weighted by molar-refractivity contribution is 7.10. The summed E-state index contributed by atoms with van der Waals surface area (Å²) in [5.74, 6) is 0.133. The molecule has 1 N–H and O–H groups in total. The third-order valence-electron chi connectivity index (χ3n) is 3.32. The van der Waals surface area contributed by atoms with E-state index in [0.717, 1.165) is 26.1 Å². The minimum Gasteiger partial charge on any atom is -0.366 e. The first-order chi connectivity index (χ1) is 8.34. The summed E-state index contributed by atoms with van der Waals surface area (Å²) >= 11 is 1.79. The SMILES string of the molecule is Cl.O=C(C1CNCCO1)N1CCc2sccc2C1. The number of fused-ring (bicyclic) bond motifs is 1. The maximum atomic E-state index is 12.2. The normalized spacial score (nSPS) is 23.1. The third kappa shape index (κ3) is 2.69. The molecule has 3 heterocycles. The average molecular weight is 289 g/mol. The van der Waals surface area contributed by atoms with Crippen molar-refractivity contribution in [1.82, 2.24) is 10.2 Å². The molecule has 1 atom stereocenters. The van der Waals surface area contributed by atoms with Crippen LogP contribution in [0.25, 0.3) is 0 Å². The Balaban J connectivity index is 0.00000120. The van der Waals surface area contributed by atoms with Crippen molar-refractivity contribution < 1.29 is 9.53 Å². The van der Waals surface area contributed by atoms with Gasteiger partial charge in [-0.1, -0.05) is 0 Å². The summed E-state index contributed by atoms with van der Waals surface area (Å²) in [5.41, 5.74) is 1.30. The van der Waals surface area contributed by atoms with Crippen LogP contribution in [0.15, 0.2) is 11.4 Å². The molecule has 0 saturated carbocycles. The number of ether oxygens (including phenoxy) is 1. The Kier molecular flexibility index (Phi) is 4.61. The number of carbonyl (C=O) groups excluding carboxylic acids is 1. The number of amides is 1. The zero-order valence-electron chi connectivity index (χ0n) is 10.1. The molecule has 6 heteroatoms. The van der Waals surface area contributed by atoms with E-state index in [4.69, 9.17) is 4.74 Å². The summed E-state index contributed by atoms with van der Waals surface area (Å²) in [6.07, 6.45) is 0.697. The van der Waals surface area contributed by atoms with Crippen molar-refractivity contribution in [1.29, 1.82) is 0 Å². The van der Waals surface area contributed by atoms with E-state index < -0.39 is 0 Å². The van der Waals surface area contributed by atoms with Gasteiger partial charge in [0.2, 0.25) is 0 Å². The number of carbonyl (C=O) groups is 1. The lowest BCUT2D eigenvalue weighted by Crippen LogP contribution is -2.50. The molecule has 0 radical (unpaired) electrons. The van der Waals surface area contributed by atoms with Gasteiger partial charge in [-0.2, -0.15) is 0 Å². The maximum Gasteiger partial charge on any atom is 0.253 e. The molecule has 4 nitrogen and oxygen atoms in total. The topological polar surface area (TPSA) is 41.6 Å². The van der Waals surface area contributed by atoms with Crippen molar-refractivity contribution in [3.05, 3.63) is 21.9 Å². The van der Waals surface area contributed by atoms with Crippen molar-refractivity contribution in [3.8, 4) is 0 Å². The van der Waals surface area contributed by atoms with Crippen molar-refractivity contribution >= 4 is 29.7 Å². The van der Waals surface area contributed by atoms with Gasteiger partial charge < -0.3 is 15.0 Å². The number of thiophene rings is 1. The predicted octanol–water partition coefficient (Wildman–Crippen LogP) is 1.04. The number of halogens is 1. The van der Waals surface area contributed by atoms with Crippen LogP contribution in [-0.4, -0.2) is 43.2 Å². The zero-order chi connectivity index (χ0) is 11.7. The Morgan fingerprint density at radius 1 is 1.56 bits per heavy atom. The number of nitrogens with zero attached hydrogens (tertiary/aromatic N) is 1. The standard InChI is InChI=1S/C12H16N2O2S.ClH/c15-12(10-7-13-3-5-16-10)14-4-1-11-9(8-14)2-6-17-11;/h2,6,10,13H,1,3-5,7-8H2;1H. The molecule has 2 aliphatic rings. The van der Waals surface area contributed by atoms with E-state index in [1.807, 2.05) is 4.90 Å². The van der Waals surface area contributed by atoms with Gasteiger partial charge in [-0.3, -0.25) is 4.79 Å². The molecule has 1 aromatic rings. The van der Waals surface area contributed by atoms with Crippen LogP contribution in [0.3, 0.4) is 0 Å². The quantitative estimate of drug-likeness (QED) is 0.840. The Hall–Kier alpha value is -0.620. The first kappa shape index (κ1) is 13.8. The number of morpholine rings is 1. The van der Waals surface area contributed by atoms with Gasteiger partial charge in [0.15, 0.2) is 0 Å². The minimum atomic E-state index is -0.288. The van der Waals surface area contributed by atoms with E-state index in [0.29, 0.717) is 13.2 Å². The summed E-state index contributed by atoms with van der Waals surface area (Å²) in [6.45, 7) is 3.70. The summed E-state index contributed by atoms with van der Waals surface area (Å²) in [5, 5.41) is 5.31. The van der Waals surface area contributed by atoms with E-state index in [1.165, 1.54) is 10.4 Å². The van der Waals surface area contributed by atoms with Crippen LogP contribution in [0.2, 0.25) is 0 Å². The lowest BCUT2D eigenvalue weighted by atomic mass is 10.1. The van der Waals surface area contributed by atoms with Crippen molar-refractivity contribution in [2.24, 2.45) is 0 Å². The smallest absolute Gasteiger partial charge is 0.253 e. The van der Waals surface area contributed by atoms with Crippen LogP contribution in [0.1, 0.15) is 10.4 Å². The van der Waals surface area contributed by atoms with Crippen molar-refractivity contribution in [2.45, 2.75) is 19.1 Å². The maximum absolute atomic E-state index is 12.2.